The van der Waals surface area contributed by atoms with E-state index in [0.717, 1.165) is 0 Å². The summed E-state index contributed by atoms with van der Waals surface area (Å²) in [5.74, 6) is -0.360. The topological polar surface area (TPSA) is 25.8 Å². The van der Waals surface area contributed by atoms with Gasteiger partial charge in [-0.15, -0.1) is 0 Å². The highest BCUT2D eigenvalue weighted by atomic mass is 79.9. The number of halogens is 3. The highest BCUT2D eigenvalue weighted by Crippen LogP contribution is 2.24. The van der Waals surface area contributed by atoms with E-state index in [0.29, 0.717) is 15.5 Å². The zero-order chi connectivity index (χ0) is 9.42. The van der Waals surface area contributed by atoms with E-state index in [4.69, 9.17) is 11.6 Å². The maximum Gasteiger partial charge on any atom is 0.224 e. The van der Waals surface area contributed by atoms with Crippen LogP contribution in [-0.2, 0) is 0 Å². The minimum atomic E-state index is -0.360. The van der Waals surface area contributed by atoms with Crippen LogP contribution in [0.1, 0.15) is 0 Å². The van der Waals surface area contributed by atoms with E-state index in [1.54, 1.807) is 12.1 Å². The van der Waals surface area contributed by atoms with Gasteiger partial charge in [0.2, 0.25) is 5.28 Å². The summed E-state index contributed by atoms with van der Waals surface area (Å²) < 4.78 is 13.6. The van der Waals surface area contributed by atoms with Crippen LogP contribution < -0.4 is 0 Å². The summed E-state index contributed by atoms with van der Waals surface area (Å²) in [5, 5.41) is 0.455. The molecule has 0 radical (unpaired) electrons. The minimum Gasteiger partial charge on any atom is -0.218 e. The van der Waals surface area contributed by atoms with Crippen molar-refractivity contribution in [2.45, 2.75) is 0 Å². The second-order valence-electron chi connectivity index (χ2n) is 2.42. The lowest BCUT2D eigenvalue weighted by Crippen LogP contribution is -1.89. The smallest absolute Gasteiger partial charge is 0.218 e. The number of aromatic nitrogens is 2. The molecule has 0 saturated carbocycles. The molecule has 0 fully saturated rings. The van der Waals surface area contributed by atoms with Gasteiger partial charge in [0.1, 0.15) is 10.4 Å². The van der Waals surface area contributed by atoms with Gasteiger partial charge in [0.05, 0.1) is 10.9 Å². The Labute approximate surface area is 86.9 Å². The summed E-state index contributed by atoms with van der Waals surface area (Å²) >= 11 is 8.72. The fourth-order valence-corrected chi connectivity index (χ4v) is 1.91. The van der Waals surface area contributed by atoms with Crippen molar-refractivity contribution in [2.24, 2.45) is 0 Å². The Kier molecular flexibility index (Phi) is 2.17. The molecule has 2 nitrogen and oxygen atoms in total. The van der Waals surface area contributed by atoms with E-state index in [9.17, 15) is 4.39 Å². The molecule has 2 rings (SSSR count). The van der Waals surface area contributed by atoms with Crippen LogP contribution in [0.3, 0.4) is 0 Å². The first-order valence-electron chi connectivity index (χ1n) is 3.46. The Morgan fingerprint density at radius 3 is 2.85 bits per heavy atom. The van der Waals surface area contributed by atoms with Crippen LogP contribution in [0, 0.1) is 5.82 Å². The van der Waals surface area contributed by atoms with E-state index in [2.05, 4.69) is 25.9 Å². The molecular weight excluding hydrogens is 258 g/mol. The predicted molar refractivity (Wildman–Crippen MR) is 52.2 cm³/mol. The molecule has 5 heteroatoms. The molecule has 1 aromatic heterocycles. The highest BCUT2D eigenvalue weighted by Gasteiger charge is 2.07. The van der Waals surface area contributed by atoms with Crippen molar-refractivity contribution in [2.75, 3.05) is 0 Å². The van der Waals surface area contributed by atoms with Crippen LogP contribution >= 0.6 is 27.5 Å². The molecule has 2 aromatic rings. The second kappa shape index (κ2) is 3.20. The van der Waals surface area contributed by atoms with Gasteiger partial charge in [0, 0.05) is 0 Å². The number of rotatable bonds is 0. The molecule has 0 bridgehead atoms. The molecule has 0 aliphatic heterocycles. The summed E-state index contributed by atoms with van der Waals surface area (Å²) in [6, 6.07) is 4.61. The predicted octanol–water partition coefficient (Wildman–Crippen LogP) is 3.18. The molecule has 13 heavy (non-hydrogen) atoms. The van der Waals surface area contributed by atoms with Gasteiger partial charge in [-0.3, -0.25) is 0 Å². The molecule has 0 amide bonds. The Morgan fingerprint density at radius 2 is 2.08 bits per heavy atom. The monoisotopic (exact) mass is 260 g/mol. The average Bonchev–Trinajstić information content (AvgIpc) is 2.02. The van der Waals surface area contributed by atoms with Gasteiger partial charge < -0.3 is 0 Å². The summed E-state index contributed by atoms with van der Waals surface area (Å²) in [6.45, 7) is 0. The lowest BCUT2D eigenvalue weighted by Gasteiger charge is -2.00. The largest absolute Gasteiger partial charge is 0.224 e. The molecule has 0 aliphatic rings. The van der Waals surface area contributed by atoms with Crippen molar-refractivity contribution in [3.63, 3.8) is 0 Å². The third-order valence-electron chi connectivity index (χ3n) is 1.60. The van der Waals surface area contributed by atoms with Crippen molar-refractivity contribution in [1.29, 1.82) is 0 Å². The van der Waals surface area contributed by atoms with Crippen LogP contribution in [-0.4, -0.2) is 9.97 Å². The second-order valence-corrected chi connectivity index (χ2v) is 3.51. The van der Waals surface area contributed by atoms with Gasteiger partial charge in [-0.1, -0.05) is 6.07 Å². The van der Waals surface area contributed by atoms with Crippen LogP contribution in [0.2, 0.25) is 5.28 Å². The van der Waals surface area contributed by atoms with E-state index >= 15 is 0 Å². The maximum atomic E-state index is 13.2. The Bertz CT molecular complexity index is 475. The summed E-state index contributed by atoms with van der Waals surface area (Å²) in [5.41, 5.74) is 0.492. The fourth-order valence-electron chi connectivity index (χ4n) is 1.07. The van der Waals surface area contributed by atoms with Crippen molar-refractivity contribution in [3.05, 3.63) is 33.9 Å². The van der Waals surface area contributed by atoms with Crippen molar-refractivity contribution < 1.29 is 4.39 Å². The van der Waals surface area contributed by atoms with Gasteiger partial charge in [-0.05, 0) is 39.7 Å². The number of hydrogen-bond donors (Lipinski definition) is 0. The highest BCUT2D eigenvalue weighted by molar-refractivity contribution is 9.10. The molecule has 1 heterocycles. The zero-order valence-electron chi connectivity index (χ0n) is 6.26. The number of nitrogens with zero attached hydrogens (tertiary/aromatic N) is 2. The lowest BCUT2D eigenvalue weighted by atomic mass is 10.2. The fraction of sp³-hybridized carbons (Fsp3) is 0. The van der Waals surface area contributed by atoms with Gasteiger partial charge in [0.15, 0.2) is 0 Å². The third-order valence-corrected chi connectivity index (χ3v) is 2.34. The standard InChI is InChI=1S/C8H3BrClFN2/c9-7-6-4(11)2-1-3-5(6)12-8(10)13-7/h1-3H. The van der Waals surface area contributed by atoms with Crippen molar-refractivity contribution in [1.82, 2.24) is 9.97 Å². The maximum absolute atomic E-state index is 13.2. The Hall–Kier alpha value is -0.740. The van der Waals surface area contributed by atoms with Crippen LogP contribution in [0.25, 0.3) is 10.9 Å². The SMILES string of the molecule is Fc1cccc2nc(Cl)nc(Br)c12. The number of benzene rings is 1. The van der Waals surface area contributed by atoms with Gasteiger partial charge in [-0.25, -0.2) is 14.4 Å². The lowest BCUT2D eigenvalue weighted by molar-refractivity contribution is 0.638. The first kappa shape index (κ1) is 8.84. The molecule has 0 unspecified atom stereocenters. The average molecular weight is 261 g/mol. The zero-order valence-corrected chi connectivity index (χ0v) is 8.60. The van der Waals surface area contributed by atoms with E-state index in [1.165, 1.54) is 6.07 Å². The number of hydrogen-bond acceptors (Lipinski definition) is 2. The van der Waals surface area contributed by atoms with Gasteiger partial charge >= 0.3 is 0 Å². The van der Waals surface area contributed by atoms with E-state index in [1.807, 2.05) is 0 Å². The van der Waals surface area contributed by atoms with Gasteiger partial charge in [-0.2, -0.15) is 0 Å². The molecule has 0 N–H and O–H groups in total. The molecule has 66 valence electrons. The molecule has 0 spiro atoms. The van der Waals surface area contributed by atoms with Crippen molar-refractivity contribution >= 4 is 38.4 Å². The summed E-state index contributed by atoms with van der Waals surface area (Å²) in [4.78, 5) is 7.68. The van der Waals surface area contributed by atoms with Crippen molar-refractivity contribution in [3.8, 4) is 0 Å². The first-order chi connectivity index (χ1) is 6.18. The third kappa shape index (κ3) is 1.51. The Morgan fingerprint density at radius 1 is 1.31 bits per heavy atom. The van der Waals surface area contributed by atoms with E-state index in [-0.39, 0.29) is 11.1 Å². The normalized spacial score (nSPS) is 10.7. The molecular formula is C8H3BrClFN2. The Balaban J connectivity index is 2.94. The molecule has 0 aliphatic carbocycles. The molecule has 1 aromatic carbocycles. The summed E-state index contributed by atoms with van der Waals surface area (Å²) in [6.07, 6.45) is 0. The van der Waals surface area contributed by atoms with Gasteiger partial charge in [0.25, 0.3) is 0 Å². The summed E-state index contributed by atoms with van der Waals surface area (Å²) in [7, 11) is 0. The van der Waals surface area contributed by atoms with Crippen LogP contribution in [0.15, 0.2) is 22.8 Å². The van der Waals surface area contributed by atoms with Crippen LogP contribution in [0.4, 0.5) is 4.39 Å². The quantitative estimate of drug-likeness (QED) is 0.538. The first-order valence-corrected chi connectivity index (χ1v) is 4.63. The molecule has 0 saturated heterocycles. The minimum absolute atomic E-state index is 0.102. The number of fused-ring (bicyclic) bond motifs is 1. The van der Waals surface area contributed by atoms with Crippen LogP contribution in [0.5, 0.6) is 0 Å². The van der Waals surface area contributed by atoms with E-state index < -0.39 is 0 Å². The molecule has 0 atom stereocenters.